The molecule has 2 heterocycles. The van der Waals surface area contributed by atoms with E-state index in [0.29, 0.717) is 19.0 Å². The second-order valence-corrected chi connectivity index (χ2v) is 6.71. The smallest absolute Gasteiger partial charge is 0.314 e. The van der Waals surface area contributed by atoms with Gasteiger partial charge in [0, 0.05) is 30.2 Å². The van der Waals surface area contributed by atoms with Crippen molar-refractivity contribution in [2.75, 3.05) is 13.1 Å². The van der Waals surface area contributed by atoms with Gasteiger partial charge in [-0.2, -0.15) is 5.10 Å². The van der Waals surface area contributed by atoms with Gasteiger partial charge in [0.2, 0.25) is 0 Å². The van der Waals surface area contributed by atoms with Crippen molar-refractivity contribution in [1.82, 2.24) is 20.4 Å². The van der Waals surface area contributed by atoms with Crippen molar-refractivity contribution in [1.29, 1.82) is 0 Å². The number of aromatic nitrogens is 2. The molecular weight excluding hydrogens is 296 g/mol. The maximum Gasteiger partial charge on any atom is 0.314 e. The van der Waals surface area contributed by atoms with Crippen LogP contribution in [0.25, 0.3) is 0 Å². The molecule has 0 aromatic carbocycles. The van der Waals surface area contributed by atoms with E-state index in [9.17, 15) is 4.79 Å². The van der Waals surface area contributed by atoms with Gasteiger partial charge in [-0.15, -0.1) is 11.3 Å². The third-order valence-corrected chi connectivity index (χ3v) is 4.37. The average molecular weight is 320 g/mol. The van der Waals surface area contributed by atoms with Gasteiger partial charge in [-0.1, -0.05) is 13.0 Å². The number of nitrogens with one attached hydrogen (secondary N) is 2. The van der Waals surface area contributed by atoms with Gasteiger partial charge in [-0.05, 0) is 43.7 Å². The number of amides is 2. The molecule has 1 atom stereocenters. The summed E-state index contributed by atoms with van der Waals surface area (Å²) in [5.74, 6) is 0.334. The second-order valence-electron chi connectivity index (χ2n) is 5.68. The standard InChI is InChI=1S/C16H24N4OS/c1-12(11-20-14(3)9-13(2)19-20)10-18-16(21)17-7-6-15-5-4-8-22-15/h4-5,8-9,12H,6-7,10-11H2,1-3H3,(H2,17,18,21)/t12-/m1/s1. The van der Waals surface area contributed by atoms with Crippen molar-refractivity contribution in [3.63, 3.8) is 0 Å². The minimum Gasteiger partial charge on any atom is -0.338 e. The molecule has 0 bridgehead atoms. The number of aryl methyl sites for hydroxylation is 2. The van der Waals surface area contributed by atoms with Gasteiger partial charge in [0.15, 0.2) is 0 Å². The molecule has 0 fully saturated rings. The van der Waals surface area contributed by atoms with Crippen LogP contribution < -0.4 is 10.6 Å². The monoisotopic (exact) mass is 320 g/mol. The largest absolute Gasteiger partial charge is 0.338 e. The number of thiophene rings is 1. The van der Waals surface area contributed by atoms with Crippen LogP contribution in [0.1, 0.15) is 23.2 Å². The van der Waals surface area contributed by atoms with E-state index < -0.39 is 0 Å². The summed E-state index contributed by atoms with van der Waals surface area (Å²) in [4.78, 5) is 13.0. The summed E-state index contributed by atoms with van der Waals surface area (Å²) in [5.41, 5.74) is 2.19. The van der Waals surface area contributed by atoms with Gasteiger partial charge in [0.1, 0.15) is 0 Å². The molecule has 0 aliphatic carbocycles. The molecule has 0 unspecified atom stereocenters. The van der Waals surface area contributed by atoms with Crippen molar-refractivity contribution in [2.24, 2.45) is 5.92 Å². The molecule has 2 N–H and O–H groups in total. The third kappa shape index (κ3) is 5.18. The van der Waals surface area contributed by atoms with Crippen molar-refractivity contribution < 1.29 is 4.79 Å². The predicted octanol–water partition coefficient (Wildman–Crippen LogP) is 2.74. The summed E-state index contributed by atoms with van der Waals surface area (Å²) in [5, 5.41) is 12.3. The van der Waals surface area contributed by atoms with E-state index in [1.165, 1.54) is 4.88 Å². The topological polar surface area (TPSA) is 59.0 Å². The summed E-state index contributed by atoms with van der Waals surface area (Å²) < 4.78 is 2.00. The first kappa shape index (κ1) is 16.5. The minimum absolute atomic E-state index is 0.100. The lowest BCUT2D eigenvalue weighted by molar-refractivity contribution is 0.238. The van der Waals surface area contributed by atoms with Crippen LogP contribution in [0, 0.1) is 19.8 Å². The van der Waals surface area contributed by atoms with Crippen molar-refractivity contribution in [2.45, 2.75) is 33.7 Å². The minimum atomic E-state index is -0.100. The molecule has 0 saturated heterocycles. The zero-order chi connectivity index (χ0) is 15.9. The molecule has 0 aliphatic rings. The molecule has 6 heteroatoms. The average Bonchev–Trinajstić information content (AvgIpc) is 3.07. The van der Waals surface area contributed by atoms with E-state index in [1.807, 2.05) is 17.7 Å². The van der Waals surface area contributed by atoms with Crippen LogP contribution in [0.5, 0.6) is 0 Å². The highest BCUT2D eigenvalue weighted by atomic mass is 32.1. The number of carbonyl (C=O) groups is 1. The first-order valence-electron chi connectivity index (χ1n) is 7.59. The second kappa shape index (κ2) is 7.98. The molecule has 0 saturated carbocycles. The Bertz CT molecular complexity index is 591. The summed E-state index contributed by atoms with van der Waals surface area (Å²) in [6.45, 7) is 8.28. The summed E-state index contributed by atoms with van der Waals surface area (Å²) >= 11 is 1.72. The van der Waals surface area contributed by atoms with Gasteiger partial charge in [-0.25, -0.2) is 4.79 Å². The van der Waals surface area contributed by atoms with Crippen molar-refractivity contribution in [3.8, 4) is 0 Å². The lowest BCUT2D eigenvalue weighted by Crippen LogP contribution is -2.39. The SMILES string of the molecule is Cc1cc(C)n(C[C@H](C)CNC(=O)NCCc2cccs2)n1. The number of carbonyl (C=O) groups excluding carboxylic acids is 1. The predicted molar refractivity (Wildman–Crippen MR) is 90.3 cm³/mol. The molecular formula is C16H24N4OS. The number of rotatable bonds is 7. The van der Waals surface area contributed by atoms with Crippen molar-refractivity contribution in [3.05, 3.63) is 39.8 Å². The zero-order valence-corrected chi connectivity index (χ0v) is 14.2. The van der Waals surface area contributed by atoms with Crippen LogP contribution >= 0.6 is 11.3 Å². The van der Waals surface area contributed by atoms with Gasteiger partial charge < -0.3 is 10.6 Å². The van der Waals surface area contributed by atoms with Gasteiger partial charge in [-0.3, -0.25) is 4.68 Å². The molecule has 0 radical (unpaired) electrons. The van der Waals surface area contributed by atoms with E-state index in [-0.39, 0.29) is 6.03 Å². The molecule has 2 aromatic heterocycles. The highest BCUT2D eigenvalue weighted by Crippen LogP contribution is 2.08. The molecule has 22 heavy (non-hydrogen) atoms. The van der Waals surface area contributed by atoms with Gasteiger partial charge >= 0.3 is 6.03 Å². The van der Waals surface area contributed by atoms with E-state index in [0.717, 1.165) is 24.4 Å². The van der Waals surface area contributed by atoms with E-state index in [2.05, 4.69) is 47.1 Å². The molecule has 120 valence electrons. The molecule has 2 rings (SSSR count). The number of nitrogens with zero attached hydrogens (tertiary/aromatic N) is 2. The molecule has 0 aliphatic heterocycles. The Hall–Kier alpha value is -1.82. The van der Waals surface area contributed by atoms with E-state index in [4.69, 9.17) is 0 Å². The normalized spacial score (nSPS) is 12.1. The highest BCUT2D eigenvalue weighted by molar-refractivity contribution is 7.09. The fourth-order valence-electron chi connectivity index (χ4n) is 2.30. The maximum atomic E-state index is 11.8. The summed E-state index contributed by atoms with van der Waals surface area (Å²) in [6, 6.07) is 6.08. The maximum absolute atomic E-state index is 11.8. The summed E-state index contributed by atoms with van der Waals surface area (Å²) in [6.07, 6.45) is 0.881. The molecule has 5 nitrogen and oxygen atoms in total. The van der Waals surface area contributed by atoms with Crippen LogP contribution in [-0.2, 0) is 13.0 Å². The Morgan fingerprint density at radius 1 is 1.41 bits per heavy atom. The van der Waals surface area contributed by atoms with Crippen LogP contribution in [0.2, 0.25) is 0 Å². The Balaban J connectivity index is 1.64. The van der Waals surface area contributed by atoms with Gasteiger partial charge in [0.25, 0.3) is 0 Å². The van der Waals surface area contributed by atoms with Crippen LogP contribution in [0.4, 0.5) is 4.79 Å². The molecule has 2 amide bonds. The fraction of sp³-hybridized carbons (Fsp3) is 0.500. The van der Waals surface area contributed by atoms with Crippen LogP contribution in [0.15, 0.2) is 23.6 Å². The van der Waals surface area contributed by atoms with E-state index in [1.54, 1.807) is 11.3 Å². The molecule has 0 spiro atoms. The Kier molecular flexibility index (Phi) is 6.00. The number of hydrogen-bond acceptors (Lipinski definition) is 3. The third-order valence-electron chi connectivity index (χ3n) is 3.44. The van der Waals surface area contributed by atoms with Gasteiger partial charge in [0.05, 0.1) is 5.69 Å². The summed E-state index contributed by atoms with van der Waals surface area (Å²) in [7, 11) is 0. The number of urea groups is 1. The Labute approximate surface area is 135 Å². The molecule has 2 aromatic rings. The lowest BCUT2D eigenvalue weighted by Gasteiger charge is -2.14. The first-order chi connectivity index (χ1) is 10.5. The Morgan fingerprint density at radius 2 is 2.23 bits per heavy atom. The van der Waals surface area contributed by atoms with Crippen LogP contribution in [-0.4, -0.2) is 28.9 Å². The lowest BCUT2D eigenvalue weighted by atomic mass is 10.2. The van der Waals surface area contributed by atoms with E-state index >= 15 is 0 Å². The zero-order valence-electron chi connectivity index (χ0n) is 13.4. The van der Waals surface area contributed by atoms with Crippen molar-refractivity contribution >= 4 is 17.4 Å². The first-order valence-corrected chi connectivity index (χ1v) is 8.47. The Morgan fingerprint density at radius 3 is 2.86 bits per heavy atom. The fourth-order valence-corrected chi connectivity index (χ4v) is 3.01. The van der Waals surface area contributed by atoms with Crippen LogP contribution in [0.3, 0.4) is 0 Å². The number of hydrogen-bond donors (Lipinski definition) is 2. The highest BCUT2D eigenvalue weighted by Gasteiger charge is 2.08. The quantitative estimate of drug-likeness (QED) is 0.824.